The number of nitrogens with one attached hydrogen (secondary N) is 2. The summed E-state index contributed by atoms with van der Waals surface area (Å²) in [6.07, 6.45) is 2.45. The van der Waals surface area contributed by atoms with Gasteiger partial charge in [-0.1, -0.05) is 25.1 Å². The van der Waals surface area contributed by atoms with Gasteiger partial charge < -0.3 is 25.0 Å². The third-order valence-electron chi connectivity index (χ3n) is 4.66. The van der Waals surface area contributed by atoms with Gasteiger partial charge in [0.15, 0.2) is 5.96 Å². The Hall–Kier alpha value is -2.44. The number of amides is 1. The zero-order valence-electron chi connectivity index (χ0n) is 17.3. The molecule has 1 unspecified atom stereocenters. The summed E-state index contributed by atoms with van der Waals surface area (Å²) in [4.78, 5) is 18.3. The molecular weight excluding hydrogens is 356 g/mol. The van der Waals surface area contributed by atoms with E-state index in [1.54, 1.807) is 4.90 Å². The first kappa shape index (κ1) is 21.9. The van der Waals surface area contributed by atoms with E-state index in [2.05, 4.69) is 24.5 Å². The molecule has 1 fully saturated rings. The van der Waals surface area contributed by atoms with E-state index in [9.17, 15) is 4.79 Å². The number of nitrogens with zero attached hydrogens (tertiary/aromatic N) is 2. The van der Waals surface area contributed by atoms with Gasteiger partial charge in [-0.2, -0.15) is 0 Å². The van der Waals surface area contributed by atoms with Gasteiger partial charge in [-0.25, -0.2) is 9.79 Å². The second-order valence-electron chi connectivity index (χ2n) is 6.79. The lowest BCUT2D eigenvalue weighted by atomic mass is 10.1. The first-order valence-corrected chi connectivity index (χ1v) is 10.3. The normalized spacial score (nSPS) is 16.4. The molecule has 2 rings (SSSR count). The van der Waals surface area contributed by atoms with Crippen molar-refractivity contribution in [3.63, 3.8) is 0 Å². The largest absolute Gasteiger partial charge is 0.489 e. The van der Waals surface area contributed by atoms with Crippen LogP contribution < -0.4 is 15.4 Å². The highest BCUT2D eigenvalue weighted by Gasteiger charge is 2.24. The van der Waals surface area contributed by atoms with Crippen molar-refractivity contribution < 1.29 is 14.3 Å². The van der Waals surface area contributed by atoms with Crippen molar-refractivity contribution in [2.45, 2.75) is 52.2 Å². The van der Waals surface area contributed by atoms with E-state index in [-0.39, 0.29) is 12.2 Å². The molecule has 0 aliphatic carbocycles. The first-order chi connectivity index (χ1) is 13.7. The lowest BCUT2D eigenvalue weighted by Gasteiger charge is -2.32. The Morgan fingerprint density at radius 3 is 2.54 bits per heavy atom. The van der Waals surface area contributed by atoms with Gasteiger partial charge >= 0.3 is 6.09 Å². The summed E-state index contributed by atoms with van der Waals surface area (Å²) in [5, 5.41) is 6.80. The molecule has 0 saturated carbocycles. The van der Waals surface area contributed by atoms with Crippen LogP contribution in [0, 0.1) is 0 Å². The lowest BCUT2D eigenvalue weighted by Crippen LogP contribution is -2.50. The Balaban J connectivity index is 1.85. The fourth-order valence-electron chi connectivity index (χ4n) is 3.07. The smallest absolute Gasteiger partial charge is 0.409 e. The number of ether oxygens (including phenoxy) is 2. The highest BCUT2D eigenvalue weighted by molar-refractivity contribution is 5.80. The van der Waals surface area contributed by atoms with E-state index in [0.29, 0.717) is 32.3 Å². The molecule has 1 amide bonds. The molecule has 7 nitrogen and oxygen atoms in total. The quantitative estimate of drug-likeness (QED) is 0.527. The molecule has 7 heteroatoms. The van der Waals surface area contributed by atoms with Crippen molar-refractivity contribution in [3.05, 3.63) is 30.3 Å². The van der Waals surface area contributed by atoms with Gasteiger partial charge in [0.25, 0.3) is 0 Å². The van der Waals surface area contributed by atoms with Crippen LogP contribution in [0.1, 0.15) is 40.0 Å². The number of piperidine rings is 1. The summed E-state index contributed by atoms with van der Waals surface area (Å²) in [6, 6.07) is 10.1. The fraction of sp³-hybridized carbons (Fsp3) is 0.619. The molecule has 0 spiro atoms. The number of benzene rings is 1. The SMILES string of the molecule is CCNC(=NCC(CC)Oc1ccccc1)NC1CCN(C(=O)OCC)CC1. The number of para-hydroxylation sites is 1. The minimum absolute atomic E-state index is 0.0310. The van der Waals surface area contributed by atoms with E-state index < -0.39 is 0 Å². The highest BCUT2D eigenvalue weighted by Crippen LogP contribution is 2.13. The molecule has 156 valence electrons. The number of aliphatic imine (C=N–C) groups is 1. The van der Waals surface area contributed by atoms with E-state index in [1.165, 1.54) is 0 Å². The van der Waals surface area contributed by atoms with Gasteiger partial charge in [0.1, 0.15) is 11.9 Å². The van der Waals surface area contributed by atoms with Crippen molar-refractivity contribution >= 4 is 12.1 Å². The van der Waals surface area contributed by atoms with E-state index >= 15 is 0 Å². The molecule has 0 bridgehead atoms. The predicted octanol–water partition coefficient (Wildman–Crippen LogP) is 3.02. The molecule has 0 radical (unpaired) electrons. The van der Waals surface area contributed by atoms with Crippen LogP contribution in [-0.4, -0.2) is 61.9 Å². The predicted molar refractivity (Wildman–Crippen MR) is 112 cm³/mol. The molecular formula is C21H34N4O3. The summed E-state index contributed by atoms with van der Waals surface area (Å²) in [5.74, 6) is 1.67. The molecule has 1 aromatic carbocycles. The van der Waals surface area contributed by atoms with Gasteiger partial charge in [-0.05, 0) is 45.2 Å². The molecule has 28 heavy (non-hydrogen) atoms. The van der Waals surface area contributed by atoms with Crippen LogP contribution in [0.2, 0.25) is 0 Å². The molecule has 1 aromatic rings. The Labute approximate surface area is 168 Å². The minimum atomic E-state index is -0.217. The molecule has 0 aromatic heterocycles. The van der Waals surface area contributed by atoms with Gasteiger partial charge in [0, 0.05) is 25.7 Å². The molecule has 1 heterocycles. The average molecular weight is 391 g/mol. The van der Waals surface area contributed by atoms with Gasteiger partial charge in [0.2, 0.25) is 0 Å². The van der Waals surface area contributed by atoms with Crippen molar-refractivity contribution in [2.24, 2.45) is 4.99 Å². The second-order valence-corrected chi connectivity index (χ2v) is 6.79. The molecule has 1 atom stereocenters. The Kier molecular flexibility index (Phi) is 9.45. The molecule has 2 N–H and O–H groups in total. The minimum Gasteiger partial charge on any atom is -0.489 e. The van der Waals surface area contributed by atoms with Crippen LogP contribution in [-0.2, 0) is 4.74 Å². The monoisotopic (exact) mass is 390 g/mol. The number of carbonyl (C=O) groups is 1. The zero-order valence-corrected chi connectivity index (χ0v) is 17.3. The number of guanidine groups is 1. The summed E-state index contributed by atoms with van der Waals surface area (Å²) >= 11 is 0. The number of hydrogen-bond donors (Lipinski definition) is 2. The van der Waals surface area contributed by atoms with Crippen molar-refractivity contribution in [1.82, 2.24) is 15.5 Å². The number of likely N-dealkylation sites (tertiary alicyclic amines) is 1. The van der Waals surface area contributed by atoms with Crippen LogP contribution in [0.3, 0.4) is 0 Å². The van der Waals surface area contributed by atoms with Crippen LogP contribution in [0.4, 0.5) is 4.79 Å². The van der Waals surface area contributed by atoms with Crippen molar-refractivity contribution in [2.75, 3.05) is 32.8 Å². The maximum Gasteiger partial charge on any atom is 0.409 e. The first-order valence-electron chi connectivity index (χ1n) is 10.3. The van der Waals surface area contributed by atoms with Crippen molar-refractivity contribution in [1.29, 1.82) is 0 Å². The number of rotatable bonds is 8. The Morgan fingerprint density at radius 1 is 1.21 bits per heavy atom. The van der Waals surface area contributed by atoms with Gasteiger partial charge in [-0.15, -0.1) is 0 Å². The number of carbonyl (C=O) groups excluding carboxylic acids is 1. The van der Waals surface area contributed by atoms with Gasteiger partial charge in [-0.3, -0.25) is 0 Å². The second kappa shape index (κ2) is 12.1. The van der Waals surface area contributed by atoms with E-state index in [4.69, 9.17) is 14.5 Å². The average Bonchev–Trinajstić information content (AvgIpc) is 2.72. The number of hydrogen-bond acceptors (Lipinski definition) is 4. The van der Waals surface area contributed by atoms with Crippen LogP contribution in [0.15, 0.2) is 35.3 Å². The summed E-state index contributed by atoms with van der Waals surface area (Å²) in [6.45, 7) is 9.18. The standard InChI is InChI=1S/C21H34N4O3/c1-4-18(28-19-10-8-7-9-11-19)16-23-20(22-5-2)24-17-12-14-25(15-13-17)21(26)27-6-3/h7-11,17-18H,4-6,12-16H2,1-3H3,(H2,22,23,24). The van der Waals surface area contributed by atoms with Crippen LogP contribution >= 0.6 is 0 Å². The maximum absolute atomic E-state index is 11.8. The third kappa shape index (κ3) is 7.29. The lowest BCUT2D eigenvalue weighted by molar-refractivity contribution is 0.0963. The summed E-state index contributed by atoms with van der Waals surface area (Å²) in [7, 11) is 0. The Morgan fingerprint density at radius 2 is 1.93 bits per heavy atom. The molecule has 1 aliphatic rings. The van der Waals surface area contributed by atoms with Gasteiger partial charge in [0.05, 0.1) is 13.2 Å². The maximum atomic E-state index is 11.8. The van der Waals surface area contributed by atoms with E-state index in [0.717, 1.165) is 37.5 Å². The topological polar surface area (TPSA) is 75.2 Å². The highest BCUT2D eigenvalue weighted by atomic mass is 16.6. The summed E-state index contributed by atoms with van der Waals surface area (Å²) in [5.41, 5.74) is 0. The molecule has 1 aliphatic heterocycles. The van der Waals surface area contributed by atoms with Crippen molar-refractivity contribution in [3.8, 4) is 5.75 Å². The fourth-order valence-corrected chi connectivity index (χ4v) is 3.07. The van der Waals surface area contributed by atoms with Crippen LogP contribution in [0.5, 0.6) is 5.75 Å². The Bertz CT molecular complexity index is 601. The molecule has 1 saturated heterocycles. The summed E-state index contributed by atoms with van der Waals surface area (Å²) < 4.78 is 11.1. The zero-order chi connectivity index (χ0) is 20.2. The van der Waals surface area contributed by atoms with Crippen LogP contribution in [0.25, 0.3) is 0 Å². The third-order valence-corrected chi connectivity index (χ3v) is 4.66. The van der Waals surface area contributed by atoms with E-state index in [1.807, 2.05) is 37.3 Å².